The van der Waals surface area contributed by atoms with Gasteiger partial charge in [-0.1, -0.05) is 35.9 Å². The Balaban J connectivity index is 1.43. The summed E-state index contributed by atoms with van der Waals surface area (Å²) in [4.78, 5) is 32.7. The topological polar surface area (TPSA) is 78.1 Å². The molecule has 1 aliphatic heterocycles. The van der Waals surface area contributed by atoms with Gasteiger partial charge in [0.05, 0.1) is 12.0 Å². The van der Waals surface area contributed by atoms with E-state index in [1.807, 2.05) is 31.2 Å². The molecule has 0 bridgehead atoms. The Morgan fingerprint density at radius 3 is 2.70 bits per heavy atom. The van der Waals surface area contributed by atoms with E-state index in [1.165, 1.54) is 18.3 Å². The van der Waals surface area contributed by atoms with E-state index in [-0.39, 0.29) is 31.0 Å². The van der Waals surface area contributed by atoms with Gasteiger partial charge in [-0.25, -0.2) is 13.8 Å². The first-order valence-electron chi connectivity index (χ1n) is 10.9. The van der Waals surface area contributed by atoms with Crippen molar-refractivity contribution in [2.24, 2.45) is 0 Å². The van der Waals surface area contributed by atoms with E-state index in [0.717, 1.165) is 16.7 Å². The SMILES string of the molecule is Cc1cccc(-c2ccc(NC(=O)C(C)N3CCC(F)(F)[C@@H](c4ccc(=O)[nH]c4)C3)nc2)c1. The molecule has 3 heterocycles. The molecule has 6 nitrogen and oxygen atoms in total. The molecule has 3 aromatic rings. The molecule has 1 fully saturated rings. The number of carbonyl (C=O) groups is 1. The smallest absolute Gasteiger partial charge is 0.257 e. The van der Waals surface area contributed by atoms with E-state index in [9.17, 15) is 18.4 Å². The molecule has 2 aromatic heterocycles. The number of aromatic amines is 1. The molecule has 0 saturated carbocycles. The van der Waals surface area contributed by atoms with Crippen molar-refractivity contribution in [3.05, 3.63) is 82.4 Å². The van der Waals surface area contributed by atoms with E-state index >= 15 is 0 Å². The molecule has 0 radical (unpaired) electrons. The summed E-state index contributed by atoms with van der Waals surface area (Å²) >= 11 is 0. The Bertz CT molecular complexity index is 1170. The number of hydrogen-bond acceptors (Lipinski definition) is 4. The normalized spacial score (nSPS) is 19.1. The van der Waals surface area contributed by atoms with Crippen molar-refractivity contribution in [1.29, 1.82) is 0 Å². The van der Waals surface area contributed by atoms with Gasteiger partial charge in [0.25, 0.3) is 5.92 Å². The number of hydrogen-bond donors (Lipinski definition) is 2. The Morgan fingerprint density at radius 2 is 2.03 bits per heavy atom. The fourth-order valence-corrected chi connectivity index (χ4v) is 4.13. The first-order valence-corrected chi connectivity index (χ1v) is 10.9. The highest BCUT2D eigenvalue weighted by molar-refractivity contribution is 5.93. The van der Waals surface area contributed by atoms with Crippen molar-refractivity contribution in [1.82, 2.24) is 14.9 Å². The number of nitrogens with one attached hydrogen (secondary N) is 2. The molecule has 4 rings (SSSR count). The number of anilines is 1. The number of carbonyl (C=O) groups excluding carboxylic acids is 1. The third kappa shape index (κ3) is 5.17. The molecular weight excluding hydrogens is 426 g/mol. The fraction of sp³-hybridized carbons (Fsp3) is 0.320. The van der Waals surface area contributed by atoms with Crippen molar-refractivity contribution in [3.8, 4) is 11.1 Å². The minimum Gasteiger partial charge on any atom is -0.329 e. The Kier molecular flexibility index (Phi) is 6.37. The Morgan fingerprint density at radius 1 is 1.21 bits per heavy atom. The molecule has 2 atom stereocenters. The lowest BCUT2D eigenvalue weighted by Gasteiger charge is -2.40. The molecule has 33 heavy (non-hydrogen) atoms. The van der Waals surface area contributed by atoms with Gasteiger partial charge in [-0.3, -0.25) is 14.5 Å². The summed E-state index contributed by atoms with van der Waals surface area (Å²) in [5, 5.41) is 2.79. The number of benzene rings is 1. The van der Waals surface area contributed by atoms with Crippen molar-refractivity contribution < 1.29 is 13.6 Å². The highest BCUT2D eigenvalue weighted by Crippen LogP contribution is 2.40. The minimum absolute atomic E-state index is 0.00730. The van der Waals surface area contributed by atoms with Gasteiger partial charge in [-0.05, 0) is 37.1 Å². The van der Waals surface area contributed by atoms with Crippen LogP contribution in [-0.4, -0.2) is 45.8 Å². The number of alkyl halides is 2. The summed E-state index contributed by atoms with van der Waals surface area (Å²) in [5.74, 6) is -3.93. The molecule has 1 unspecified atom stereocenters. The van der Waals surface area contributed by atoms with E-state index in [2.05, 4.69) is 21.4 Å². The van der Waals surface area contributed by atoms with Crippen LogP contribution < -0.4 is 10.9 Å². The quantitative estimate of drug-likeness (QED) is 0.608. The number of piperidine rings is 1. The number of H-pyrrole nitrogens is 1. The van der Waals surface area contributed by atoms with Gasteiger partial charge in [0.1, 0.15) is 5.82 Å². The third-order valence-corrected chi connectivity index (χ3v) is 6.16. The van der Waals surface area contributed by atoms with Crippen LogP contribution in [0.15, 0.2) is 65.7 Å². The molecule has 172 valence electrons. The maximum atomic E-state index is 14.6. The minimum atomic E-state index is -2.92. The van der Waals surface area contributed by atoms with Crippen LogP contribution in [0.2, 0.25) is 0 Å². The Hall–Kier alpha value is -3.39. The first-order chi connectivity index (χ1) is 15.7. The number of rotatable bonds is 5. The van der Waals surface area contributed by atoms with Gasteiger partial charge >= 0.3 is 0 Å². The van der Waals surface area contributed by atoms with Crippen LogP contribution in [0.25, 0.3) is 11.1 Å². The van der Waals surface area contributed by atoms with E-state index < -0.39 is 17.9 Å². The number of halogens is 2. The largest absolute Gasteiger partial charge is 0.329 e. The highest BCUT2D eigenvalue weighted by Gasteiger charge is 2.46. The number of amides is 1. The highest BCUT2D eigenvalue weighted by atomic mass is 19.3. The first kappa shape index (κ1) is 22.8. The third-order valence-electron chi connectivity index (χ3n) is 6.16. The summed E-state index contributed by atoms with van der Waals surface area (Å²) in [6.07, 6.45) is 2.66. The predicted molar refractivity (Wildman–Crippen MR) is 123 cm³/mol. The van der Waals surface area contributed by atoms with Gasteiger partial charge in [0, 0.05) is 43.5 Å². The zero-order valence-corrected chi connectivity index (χ0v) is 18.5. The number of nitrogens with zero attached hydrogens (tertiary/aromatic N) is 2. The summed E-state index contributed by atoms with van der Waals surface area (Å²) < 4.78 is 29.2. The van der Waals surface area contributed by atoms with Gasteiger partial charge in [-0.2, -0.15) is 0 Å². The molecule has 1 aromatic carbocycles. The average Bonchev–Trinajstić information content (AvgIpc) is 2.80. The summed E-state index contributed by atoms with van der Waals surface area (Å²) in [6, 6.07) is 13.7. The van der Waals surface area contributed by atoms with Crippen LogP contribution in [0.5, 0.6) is 0 Å². The second-order valence-electron chi connectivity index (χ2n) is 8.51. The monoisotopic (exact) mass is 452 g/mol. The molecule has 1 amide bonds. The standard InChI is InChI=1S/C25H26F2N4O2/c1-16-4-3-5-18(12-16)19-6-8-22(28-13-19)30-24(33)17(2)31-11-10-25(26,27)21(15-31)20-7-9-23(32)29-14-20/h3-9,12-14,17,21H,10-11,15H2,1-2H3,(H,29,32)(H,28,30,33)/t17?,21-/m1/s1. The van der Waals surface area contributed by atoms with Gasteiger partial charge in [0.15, 0.2) is 0 Å². The predicted octanol–water partition coefficient (Wildman–Crippen LogP) is 4.20. The van der Waals surface area contributed by atoms with Crippen molar-refractivity contribution in [2.75, 3.05) is 18.4 Å². The zero-order valence-electron chi connectivity index (χ0n) is 18.5. The van der Waals surface area contributed by atoms with Crippen LogP contribution in [0.1, 0.15) is 30.4 Å². The summed E-state index contributed by atoms with van der Waals surface area (Å²) in [6.45, 7) is 3.82. The van der Waals surface area contributed by atoms with Gasteiger partial charge in [-0.15, -0.1) is 0 Å². The fourth-order valence-electron chi connectivity index (χ4n) is 4.13. The molecular formula is C25H26F2N4O2. The van der Waals surface area contributed by atoms with E-state index in [4.69, 9.17) is 0 Å². The maximum absolute atomic E-state index is 14.6. The van der Waals surface area contributed by atoms with Gasteiger partial charge < -0.3 is 10.3 Å². The Labute approximate surface area is 190 Å². The number of aromatic nitrogens is 2. The zero-order chi connectivity index (χ0) is 23.6. The molecule has 0 aliphatic carbocycles. The van der Waals surface area contributed by atoms with Gasteiger partial charge in [0.2, 0.25) is 11.5 Å². The van der Waals surface area contributed by atoms with Crippen molar-refractivity contribution >= 4 is 11.7 Å². The van der Waals surface area contributed by atoms with E-state index in [0.29, 0.717) is 11.4 Å². The van der Waals surface area contributed by atoms with Crippen LogP contribution in [0.4, 0.5) is 14.6 Å². The number of pyridine rings is 2. The molecule has 2 N–H and O–H groups in total. The molecule has 1 saturated heterocycles. The summed E-state index contributed by atoms with van der Waals surface area (Å²) in [5.41, 5.74) is 3.13. The summed E-state index contributed by atoms with van der Waals surface area (Å²) in [7, 11) is 0. The van der Waals surface area contributed by atoms with Crippen LogP contribution in [0.3, 0.4) is 0 Å². The van der Waals surface area contributed by atoms with Crippen molar-refractivity contribution in [2.45, 2.75) is 38.2 Å². The second-order valence-corrected chi connectivity index (χ2v) is 8.51. The number of likely N-dealkylation sites (tertiary alicyclic amines) is 1. The lowest BCUT2D eigenvalue weighted by Crippen LogP contribution is -2.52. The average molecular weight is 453 g/mol. The van der Waals surface area contributed by atoms with Crippen LogP contribution >= 0.6 is 0 Å². The van der Waals surface area contributed by atoms with E-state index in [1.54, 1.807) is 24.1 Å². The maximum Gasteiger partial charge on any atom is 0.257 e. The van der Waals surface area contributed by atoms with Crippen molar-refractivity contribution in [3.63, 3.8) is 0 Å². The molecule has 0 spiro atoms. The molecule has 1 aliphatic rings. The number of aryl methyl sites for hydroxylation is 1. The lowest BCUT2D eigenvalue weighted by atomic mass is 9.87. The lowest BCUT2D eigenvalue weighted by molar-refractivity contribution is -0.125. The van der Waals surface area contributed by atoms with Crippen LogP contribution in [-0.2, 0) is 4.79 Å². The molecule has 8 heteroatoms. The second kappa shape index (κ2) is 9.23. The van der Waals surface area contributed by atoms with Crippen LogP contribution in [0, 0.1) is 6.92 Å².